The number of benzene rings is 3. The van der Waals surface area contributed by atoms with Gasteiger partial charge in [-0.2, -0.15) is 13.2 Å². The molecule has 1 aromatic heterocycles. The summed E-state index contributed by atoms with van der Waals surface area (Å²) in [6, 6.07) is 12.0. The monoisotopic (exact) mass is 594 g/mol. The van der Waals surface area contributed by atoms with Gasteiger partial charge in [-0.05, 0) is 109 Å². The lowest BCUT2D eigenvalue weighted by atomic mass is 9.52. The number of rotatable bonds is 8. The number of methoxy groups -OCH3 is 1. The lowest BCUT2D eigenvalue weighted by Gasteiger charge is -2.58. The number of hydrogen-bond acceptors (Lipinski definition) is 4. The largest absolute Gasteiger partial charge is 0.496 e. The van der Waals surface area contributed by atoms with Crippen LogP contribution < -0.4 is 15.4 Å². The van der Waals surface area contributed by atoms with Gasteiger partial charge in [0, 0.05) is 30.5 Å². The predicted octanol–water partition coefficient (Wildman–Crippen LogP) is 7.22. The summed E-state index contributed by atoms with van der Waals surface area (Å²) < 4.78 is 65.5. The van der Waals surface area contributed by atoms with E-state index in [0.717, 1.165) is 12.8 Å². The summed E-state index contributed by atoms with van der Waals surface area (Å²) >= 11 is 0. The van der Waals surface area contributed by atoms with Crippen LogP contribution in [0.15, 0.2) is 52.9 Å². The summed E-state index contributed by atoms with van der Waals surface area (Å²) in [4.78, 5) is 26.5. The first-order valence-electron chi connectivity index (χ1n) is 14.1. The van der Waals surface area contributed by atoms with E-state index in [-0.39, 0.29) is 40.8 Å². The summed E-state index contributed by atoms with van der Waals surface area (Å²) in [5, 5.41) is 6.06. The molecule has 0 radical (unpaired) electrons. The molecule has 3 aliphatic carbocycles. The highest BCUT2D eigenvalue weighted by Crippen LogP contribution is 2.53. The number of hydrogen-bond donors (Lipinski definition) is 2. The van der Waals surface area contributed by atoms with Crippen molar-refractivity contribution in [1.29, 1.82) is 0 Å². The quantitative estimate of drug-likeness (QED) is 0.211. The predicted molar refractivity (Wildman–Crippen MR) is 154 cm³/mol. The Hall–Kier alpha value is -4.34. The summed E-state index contributed by atoms with van der Waals surface area (Å²) in [6.07, 6.45) is -3.61. The van der Waals surface area contributed by atoms with E-state index in [9.17, 15) is 27.2 Å². The van der Waals surface area contributed by atoms with Crippen LogP contribution in [-0.2, 0) is 6.42 Å². The molecule has 0 atom stereocenters. The molecule has 2 N–H and O–H groups in total. The smallest absolute Gasteiger partial charge is 0.389 e. The Labute approximate surface area is 245 Å². The number of furan rings is 1. The third-order valence-corrected chi connectivity index (χ3v) is 8.76. The number of carbonyl (C=O) groups excluding carboxylic acids is 2. The first-order valence-corrected chi connectivity index (χ1v) is 14.1. The standard InChI is InChI=1S/C33H30F4N2O4/c1-16-10-26(42-3)25(31(40)39-29-19-11-20(29)12-19)14-22(16)23-15-24-27(13-18(23)8-9-33(35,36)37)43-30(28(24)32(41)38-2)17-4-6-21(34)7-5-17/h4-7,10,13-15,19-20,29H,8-9,11-12H2,1-3H3,(H,38,41)(H,39,40). The minimum Gasteiger partial charge on any atom is -0.496 e. The maximum atomic E-state index is 13.7. The number of amides is 2. The molecule has 43 heavy (non-hydrogen) atoms. The first-order chi connectivity index (χ1) is 20.5. The van der Waals surface area contributed by atoms with Crippen molar-refractivity contribution < 1.29 is 36.3 Å². The molecule has 2 bridgehead atoms. The van der Waals surface area contributed by atoms with E-state index < -0.39 is 24.3 Å². The number of carbonyl (C=O) groups is 2. The second-order valence-electron chi connectivity index (χ2n) is 11.4. The molecule has 2 amide bonds. The molecular weight excluding hydrogens is 564 g/mol. The van der Waals surface area contributed by atoms with Crippen molar-refractivity contribution >= 4 is 22.8 Å². The molecule has 0 spiro atoms. The number of nitrogens with one attached hydrogen (secondary N) is 2. The lowest BCUT2D eigenvalue weighted by molar-refractivity contribution is -0.133. The van der Waals surface area contributed by atoms with Gasteiger partial charge in [-0.25, -0.2) is 4.39 Å². The molecule has 0 aliphatic heterocycles. The SMILES string of the molecule is CNC(=O)c1c(-c2ccc(F)cc2)oc2cc(CCC(F)(F)F)c(-c3cc(C(=O)NC4C5CC4C5)c(OC)cc3C)cc12. The Morgan fingerprint density at radius 2 is 1.70 bits per heavy atom. The molecule has 3 aromatic carbocycles. The van der Waals surface area contributed by atoms with Gasteiger partial charge in [0.2, 0.25) is 0 Å². The minimum absolute atomic E-state index is 0.131. The number of fused-ring (bicyclic) bond motifs is 1. The molecular formula is C33H30F4N2O4. The van der Waals surface area contributed by atoms with E-state index in [1.807, 2.05) is 0 Å². The average molecular weight is 595 g/mol. The van der Waals surface area contributed by atoms with Crippen LogP contribution in [0.3, 0.4) is 0 Å². The zero-order valence-corrected chi connectivity index (χ0v) is 23.8. The van der Waals surface area contributed by atoms with Crippen LogP contribution in [0.5, 0.6) is 5.75 Å². The van der Waals surface area contributed by atoms with Gasteiger partial charge < -0.3 is 19.8 Å². The van der Waals surface area contributed by atoms with Crippen molar-refractivity contribution in [3.8, 4) is 28.2 Å². The molecule has 224 valence electrons. The number of alkyl halides is 3. The van der Waals surface area contributed by atoms with Crippen LogP contribution in [0.25, 0.3) is 33.4 Å². The second-order valence-corrected chi connectivity index (χ2v) is 11.4. The van der Waals surface area contributed by atoms with Gasteiger partial charge in [0.1, 0.15) is 22.9 Å². The van der Waals surface area contributed by atoms with Crippen LogP contribution in [0.4, 0.5) is 17.6 Å². The van der Waals surface area contributed by atoms with Crippen molar-refractivity contribution in [3.05, 3.63) is 76.6 Å². The molecule has 0 unspecified atom stereocenters. The second kappa shape index (κ2) is 10.7. The van der Waals surface area contributed by atoms with Gasteiger partial charge in [-0.1, -0.05) is 0 Å². The average Bonchev–Trinajstić information content (AvgIpc) is 3.30. The highest BCUT2D eigenvalue weighted by molar-refractivity contribution is 6.12. The lowest BCUT2D eigenvalue weighted by Crippen LogP contribution is -2.63. The summed E-state index contributed by atoms with van der Waals surface area (Å²) in [5.41, 5.74) is 3.09. The molecule has 4 aromatic rings. The highest BCUT2D eigenvalue weighted by Gasteiger charge is 2.53. The Morgan fingerprint density at radius 1 is 1.00 bits per heavy atom. The van der Waals surface area contributed by atoms with Crippen molar-refractivity contribution in [2.24, 2.45) is 11.8 Å². The van der Waals surface area contributed by atoms with Gasteiger partial charge in [-0.15, -0.1) is 0 Å². The molecule has 7 rings (SSSR count). The van der Waals surface area contributed by atoms with Crippen LogP contribution in [-0.4, -0.2) is 38.2 Å². The summed E-state index contributed by atoms with van der Waals surface area (Å²) in [6.45, 7) is 1.79. The van der Waals surface area contributed by atoms with E-state index in [2.05, 4.69) is 10.6 Å². The first kappa shape index (κ1) is 28.8. The zero-order valence-electron chi connectivity index (χ0n) is 23.8. The van der Waals surface area contributed by atoms with E-state index >= 15 is 0 Å². The Balaban J connectivity index is 1.53. The molecule has 3 saturated carbocycles. The maximum Gasteiger partial charge on any atom is 0.389 e. The number of ether oxygens (including phenoxy) is 1. The maximum absolute atomic E-state index is 13.7. The van der Waals surface area contributed by atoms with Crippen LogP contribution in [0.2, 0.25) is 0 Å². The van der Waals surface area contributed by atoms with Crippen molar-refractivity contribution in [1.82, 2.24) is 10.6 Å². The molecule has 1 heterocycles. The fourth-order valence-corrected chi connectivity index (χ4v) is 6.15. The molecule has 6 nitrogen and oxygen atoms in total. The van der Waals surface area contributed by atoms with Crippen LogP contribution >= 0.6 is 0 Å². The normalized spacial score (nSPS) is 19.0. The number of halogens is 4. The van der Waals surface area contributed by atoms with Crippen molar-refractivity contribution in [2.75, 3.05) is 14.2 Å². The summed E-state index contributed by atoms with van der Waals surface area (Å²) in [5.74, 6) is 0.251. The molecule has 3 aliphatic rings. The van der Waals surface area contributed by atoms with E-state index in [1.54, 1.807) is 25.1 Å². The van der Waals surface area contributed by atoms with Crippen molar-refractivity contribution in [3.63, 3.8) is 0 Å². The fourth-order valence-electron chi connectivity index (χ4n) is 6.15. The molecule has 3 fully saturated rings. The Bertz CT molecular complexity index is 1730. The number of aryl methyl sites for hydroxylation is 2. The Morgan fingerprint density at radius 3 is 2.28 bits per heavy atom. The highest BCUT2D eigenvalue weighted by atomic mass is 19.4. The molecule has 10 heteroatoms. The van der Waals surface area contributed by atoms with Gasteiger partial charge in [0.25, 0.3) is 11.8 Å². The van der Waals surface area contributed by atoms with Crippen molar-refractivity contribution in [2.45, 2.75) is 44.8 Å². The van der Waals surface area contributed by atoms with E-state index in [4.69, 9.17) is 9.15 Å². The van der Waals surface area contributed by atoms with Crippen LogP contribution in [0.1, 0.15) is 51.1 Å². The third-order valence-electron chi connectivity index (χ3n) is 8.76. The van der Waals surface area contributed by atoms with E-state index in [0.29, 0.717) is 50.8 Å². The van der Waals surface area contributed by atoms with Gasteiger partial charge in [0.05, 0.1) is 18.2 Å². The molecule has 0 saturated heterocycles. The zero-order chi connectivity index (χ0) is 30.6. The Kier molecular flexibility index (Phi) is 7.18. The topological polar surface area (TPSA) is 80.6 Å². The fraction of sp³-hybridized carbons (Fsp3) is 0.333. The minimum atomic E-state index is -4.41. The van der Waals surface area contributed by atoms with Gasteiger partial charge >= 0.3 is 6.18 Å². The van der Waals surface area contributed by atoms with Gasteiger partial charge in [0.15, 0.2) is 0 Å². The summed E-state index contributed by atoms with van der Waals surface area (Å²) in [7, 11) is 2.92. The third kappa shape index (κ3) is 5.23. The van der Waals surface area contributed by atoms with Crippen LogP contribution in [0, 0.1) is 24.6 Å². The van der Waals surface area contributed by atoms with E-state index in [1.165, 1.54) is 44.5 Å². The van der Waals surface area contributed by atoms with Gasteiger partial charge in [-0.3, -0.25) is 9.59 Å².